The standard InChI is InChI=1S/C21H17N5O2S/c1-14-24-19(28-26-14)13-29-18-10-6-5-9-17(18)21(27)25-16-11-22-20(23-12-16)15-7-3-2-4-8-15/h2-12H,13H2,1H3,(H,25,27). The summed E-state index contributed by atoms with van der Waals surface area (Å²) in [6.07, 6.45) is 3.20. The first-order chi connectivity index (χ1) is 14.2. The Morgan fingerprint density at radius 3 is 2.48 bits per heavy atom. The Labute approximate surface area is 171 Å². The van der Waals surface area contributed by atoms with Gasteiger partial charge in [0.15, 0.2) is 11.6 Å². The molecule has 1 N–H and O–H groups in total. The fourth-order valence-corrected chi connectivity index (χ4v) is 3.53. The maximum atomic E-state index is 12.8. The van der Waals surface area contributed by atoms with E-state index in [4.69, 9.17) is 4.52 Å². The van der Waals surface area contributed by atoms with Gasteiger partial charge in [0.25, 0.3) is 5.91 Å². The first kappa shape index (κ1) is 18.8. The molecule has 0 aliphatic carbocycles. The van der Waals surface area contributed by atoms with Crippen molar-refractivity contribution in [3.63, 3.8) is 0 Å². The lowest BCUT2D eigenvalue weighted by molar-refractivity contribution is 0.102. The summed E-state index contributed by atoms with van der Waals surface area (Å²) in [6.45, 7) is 1.77. The maximum Gasteiger partial charge on any atom is 0.256 e. The van der Waals surface area contributed by atoms with E-state index in [-0.39, 0.29) is 5.91 Å². The molecule has 144 valence electrons. The van der Waals surface area contributed by atoms with Crippen LogP contribution in [0.3, 0.4) is 0 Å². The molecular weight excluding hydrogens is 386 g/mol. The van der Waals surface area contributed by atoms with Crippen LogP contribution in [0.4, 0.5) is 5.69 Å². The number of aromatic nitrogens is 4. The SMILES string of the molecule is Cc1noc(CSc2ccccc2C(=O)Nc2cnc(-c3ccccc3)nc2)n1. The van der Waals surface area contributed by atoms with Crippen molar-refractivity contribution in [2.45, 2.75) is 17.6 Å². The molecule has 0 aliphatic rings. The van der Waals surface area contributed by atoms with Gasteiger partial charge >= 0.3 is 0 Å². The van der Waals surface area contributed by atoms with E-state index in [2.05, 4.69) is 25.4 Å². The van der Waals surface area contributed by atoms with Crippen LogP contribution in [0.2, 0.25) is 0 Å². The van der Waals surface area contributed by atoms with Crippen LogP contribution in [-0.2, 0) is 5.75 Å². The van der Waals surface area contributed by atoms with Crippen molar-refractivity contribution >= 4 is 23.4 Å². The van der Waals surface area contributed by atoms with Gasteiger partial charge in [-0.05, 0) is 19.1 Å². The fraction of sp³-hybridized carbons (Fsp3) is 0.0952. The van der Waals surface area contributed by atoms with Crippen molar-refractivity contribution in [3.05, 3.63) is 84.3 Å². The number of rotatable bonds is 6. The van der Waals surface area contributed by atoms with Gasteiger partial charge in [-0.2, -0.15) is 4.98 Å². The summed E-state index contributed by atoms with van der Waals surface area (Å²) in [5, 5.41) is 6.63. The molecule has 0 atom stereocenters. The summed E-state index contributed by atoms with van der Waals surface area (Å²) < 4.78 is 5.13. The molecule has 2 aromatic carbocycles. The normalized spacial score (nSPS) is 10.7. The summed E-state index contributed by atoms with van der Waals surface area (Å²) >= 11 is 1.46. The Morgan fingerprint density at radius 2 is 1.76 bits per heavy atom. The van der Waals surface area contributed by atoms with Crippen molar-refractivity contribution in [1.82, 2.24) is 20.1 Å². The summed E-state index contributed by atoms with van der Waals surface area (Å²) in [6, 6.07) is 17.0. The zero-order valence-corrected chi connectivity index (χ0v) is 16.4. The number of benzene rings is 2. The van der Waals surface area contributed by atoms with Crippen molar-refractivity contribution in [2.24, 2.45) is 0 Å². The first-order valence-corrected chi connectivity index (χ1v) is 9.87. The second kappa shape index (κ2) is 8.66. The molecule has 8 heteroatoms. The van der Waals surface area contributed by atoms with Gasteiger partial charge in [-0.1, -0.05) is 47.6 Å². The van der Waals surface area contributed by atoms with Gasteiger partial charge in [0.2, 0.25) is 5.89 Å². The number of carbonyl (C=O) groups excluding carboxylic acids is 1. The minimum Gasteiger partial charge on any atom is -0.338 e. The predicted molar refractivity (Wildman–Crippen MR) is 110 cm³/mol. The Bertz CT molecular complexity index is 1110. The highest BCUT2D eigenvalue weighted by Gasteiger charge is 2.14. The lowest BCUT2D eigenvalue weighted by Gasteiger charge is -2.09. The van der Waals surface area contributed by atoms with Crippen molar-refractivity contribution < 1.29 is 9.32 Å². The van der Waals surface area contributed by atoms with E-state index in [1.54, 1.807) is 25.4 Å². The van der Waals surface area contributed by atoms with Crippen LogP contribution in [0.1, 0.15) is 22.1 Å². The number of nitrogens with one attached hydrogen (secondary N) is 1. The third-order valence-corrected chi connectivity index (χ3v) is 5.05. The molecule has 0 fully saturated rings. The molecule has 0 spiro atoms. The van der Waals surface area contributed by atoms with Crippen molar-refractivity contribution in [1.29, 1.82) is 0 Å². The molecule has 2 heterocycles. The Hall–Kier alpha value is -3.52. The van der Waals surface area contributed by atoms with Gasteiger partial charge in [-0.25, -0.2) is 9.97 Å². The third kappa shape index (κ3) is 4.67. The van der Waals surface area contributed by atoms with E-state index in [0.717, 1.165) is 10.5 Å². The van der Waals surface area contributed by atoms with Crippen LogP contribution in [0.25, 0.3) is 11.4 Å². The average molecular weight is 403 g/mol. The number of hydrogen-bond acceptors (Lipinski definition) is 7. The van der Waals surface area contributed by atoms with Crippen molar-refractivity contribution in [2.75, 3.05) is 5.32 Å². The Balaban J connectivity index is 1.46. The quantitative estimate of drug-likeness (QED) is 0.477. The molecule has 29 heavy (non-hydrogen) atoms. The molecule has 1 amide bonds. The van der Waals surface area contributed by atoms with Crippen LogP contribution in [0.5, 0.6) is 0 Å². The van der Waals surface area contributed by atoms with Crippen LogP contribution >= 0.6 is 11.8 Å². The van der Waals surface area contributed by atoms with E-state index in [1.165, 1.54) is 11.8 Å². The fourth-order valence-electron chi connectivity index (χ4n) is 2.65. The molecule has 2 aromatic heterocycles. The summed E-state index contributed by atoms with van der Waals surface area (Å²) in [4.78, 5) is 26.5. The zero-order valence-electron chi connectivity index (χ0n) is 15.6. The minimum absolute atomic E-state index is 0.231. The maximum absolute atomic E-state index is 12.8. The number of aryl methyl sites for hydroxylation is 1. The molecule has 0 bridgehead atoms. The van der Waals surface area contributed by atoms with Crippen LogP contribution < -0.4 is 5.32 Å². The average Bonchev–Trinajstić information content (AvgIpc) is 3.19. The molecule has 0 saturated carbocycles. The number of thioether (sulfide) groups is 1. The van der Waals surface area contributed by atoms with Crippen LogP contribution in [0, 0.1) is 6.92 Å². The van der Waals surface area contributed by atoms with E-state index in [9.17, 15) is 4.79 Å². The topological polar surface area (TPSA) is 93.8 Å². The van der Waals surface area contributed by atoms with Gasteiger partial charge in [-0.3, -0.25) is 4.79 Å². The predicted octanol–water partition coefficient (Wildman–Crippen LogP) is 4.38. The van der Waals surface area contributed by atoms with Gasteiger partial charge in [-0.15, -0.1) is 11.8 Å². The molecule has 7 nitrogen and oxygen atoms in total. The number of anilines is 1. The highest BCUT2D eigenvalue weighted by atomic mass is 32.2. The minimum atomic E-state index is -0.231. The molecule has 0 unspecified atom stereocenters. The van der Waals surface area contributed by atoms with Gasteiger partial charge in [0, 0.05) is 10.5 Å². The lowest BCUT2D eigenvalue weighted by atomic mass is 10.2. The Kier molecular flexibility index (Phi) is 5.62. The number of amides is 1. The smallest absolute Gasteiger partial charge is 0.256 e. The largest absolute Gasteiger partial charge is 0.338 e. The van der Waals surface area contributed by atoms with E-state index >= 15 is 0 Å². The molecule has 0 radical (unpaired) electrons. The molecule has 4 aromatic rings. The number of hydrogen-bond donors (Lipinski definition) is 1. The summed E-state index contributed by atoms with van der Waals surface area (Å²) in [7, 11) is 0. The van der Waals surface area contributed by atoms with Gasteiger partial charge in [0.1, 0.15) is 0 Å². The molecule has 0 saturated heterocycles. The second-order valence-electron chi connectivity index (χ2n) is 6.14. The lowest BCUT2D eigenvalue weighted by Crippen LogP contribution is -2.13. The highest BCUT2D eigenvalue weighted by molar-refractivity contribution is 7.98. The molecule has 0 aliphatic heterocycles. The van der Waals surface area contributed by atoms with Gasteiger partial charge in [0.05, 0.1) is 29.4 Å². The molecular formula is C21H17N5O2S. The summed E-state index contributed by atoms with van der Waals surface area (Å²) in [5.41, 5.74) is 2.01. The monoisotopic (exact) mass is 403 g/mol. The third-order valence-electron chi connectivity index (χ3n) is 3.99. The number of nitrogens with zero attached hydrogens (tertiary/aromatic N) is 4. The van der Waals surface area contributed by atoms with Crippen molar-refractivity contribution in [3.8, 4) is 11.4 Å². The molecule has 4 rings (SSSR count). The zero-order chi connectivity index (χ0) is 20.1. The Morgan fingerprint density at radius 1 is 1.03 bits per heavy atom. The summed E-state index contributed by atoms with van der Waals surface area (Å²) in [5.74, 6) is 1.97. The van der Waals surface area contributed by atoms with E-state index in [0.29, 0.717) is 34.5 Å². The van der Waals surface area contributed by atoms with Gasteiger partial charge < -0.3 is 9.84 Å². The van der Waals surface area contributed by atoms with Crippen LogP contribution in [0.15, 0.2) is 76.4 Å². The van der Waals surface area contributed by atoms with E-state index < -0.39 is 0 Å². The number of carbonyl (C=O) groups is 1. The van der Waals surface area contributed by atoms with Crippen LogP contribution in [-0.4, -0.2) is 26.0 Å². The first-order valence-electron chi connectivity index (χ1n) is 8.89. The second-order valence-corrected chi connectivity index (χ2v) is 7.15. The van der Waals surface area contributed by atoms with E-state index in [1.807, 2.05) is 48.5 Å². The highest BCUT2D eigenvalue weighted by Crippen LogP contribution is 2.26.